The van der Waals surface area contributed by atoms with Crippen LogP contribution in [0.4, 0.5) is 0 Å². The number of hydrogen-bond donors (Lipinski definition) is 2. The lowest BCUT2D eigenvalue weighted by Crippen LogP contribution is -2.44. The Morgan fingerprint density at radius 1 is 1.21 bits per heavy atom. The van der Waals surface area contributed by atoms with Gasteiger partial charge < -0.3 is 10.6 Å². The van der Waals surface area contributed by atoms with Crippen LogP contribution in [0.2, 0.25) is 0 Å². The van der Waals surface area contributed by atoms with Crippen molar-refractivity contribution in [2.45, 2.75) is 44.2 Å². The van der Waals surface area contributed by atoms with Crippen molar-refractivity contribution in [2.75, 3.05) is 0 Å². The highest BCUT2D eigenvalue weighted by molar-refractivity contribution is 7.07. The van der Waals surface area contributed by atoms with Crippen LogP contribution >= 0.6 is 11.3 Å². The average molecular weight is 342 g/mol. The van der Waals surface area contributed by atoms with Crippen LogP contribution in [0.25, 0.3) is 0 Å². The number of rotatable bonds is 7. The van der Waals surface area contributed by atoms with E-state index in [0.717, 1.165) is 18.4 Å². The second kappa shape index (κ2) is 7.62. The molecular formula is C19H22N2O2S. The Bertz CT molecular complexity index is 685. The fourth-order valence-electron chi connectivity index (χ4n) is 3.20. The van der Waals surface area contributed by atoms with Crippen molar-refractivity contribution < 1.29 is 9.59 Å². The van der Waals surface area contributed by atoms with E-state index >= 15 is 0 Å². The Morgan fingerprint density at radius 2 is 2.04 bits per heavy atom. The highest BCUT2D eigenvalue weighted by Crippen LogP contribution is 2.29. The summed E-state index contributed by atoms with van der Waals surface area (Å²) >= 11 is 1.63. The molecule has 3 rings (SSSR count). The topological polar surface area (TPSA) is 58.2 Å². The van der Waals surface area contributed by atoms with E-state index in [9.17, 15) is 9.59 Å². The molecule has 2 heterocycles. The van der Waals surface area contributed by atoms with Gasteiger partial charge in [-0.25, -0.2) is 0 Å². The van der Waals surface area contributed by atoms with Crippen molar-refractivity contribution in [3.63, 3.8) is 0 Å². The molecule has 0 spiro atoms. The highest BCUT2D eigenvalue weighted by Gasteiger charge is 2.37. The molecule has 0 unspecified atom stereocenters. The predicted octanol–water partition coefficient (Wildman–Crippen LogP) is 3.04. The lowest BCUT2D eigenvalue weighted by atomic mass is 9.85. The SMILES string of the molecule is O=C(CC[C@@]1(Cc2ccccc2)CCC(=O)N1)NCc1ccsc1. The summed E-state index contributed by atoms with van der Waals surface area (Å²) in [4.78, 5) is 23.9. The van der Waals surface area contributed by atoms with Gasteiger partial charge in [0, 0.05) is 24.9 Å². The zero-order chi connectivity index (χ0) is 16.8. The maximum Gasteiger partial charge on any atom is 0.220 e. The Hall–Kier alpha value is -2.14. The summed E-state index contributed by atoms with van der Waals surface area (Å²) < 4.78 is 0. The third-order valence-electron chi connectivity index (χ3n) is 4.52. The molecule has 1 aliphatic rings. The molecule has 1 aromatic carbocycles. The van der Waals surface area contributed by atoms with Crippen LogP contribution in [-0.2, 0) is 22.6 Å². The summed E-state index contributed by atoms with van der Waals surface area (Å²) in [5.41, 5.74) is 2.03. The highest BCUT2D eigenvalue weighted by atomic mass is 32.1. The van der Waals surface area contributed by atoms with Crippen molar-refractivity contribution in [3.8, 4) is 0 Å². The molecule has 4 nitrogen and oxygen atoms in total. The number of hydrogen-bond acceptors (Lipinski definition) is 3. The zero-order valence-electron chi connectivity index (χ0n) is 13.6. The minimum atomic E-state index is -0.293. The van der Waals surface area contributed by atoms with Crippen LogP contribution in [-0.4, -0.2) is 17.4 Å². The van der Waals surface area contributed by atoms with Gasteiger partial charge in [-0.05, 0) is 47.2 Å². The van der Waals surface area contributed by atoms with E-state index in [0.29, 0.717) is 25.8 Å². The quantitative estimate of drug-likeness (QED) is 0.812. The van der Waals surface area contributed by atoms with Crippen molar-refractivity contribution in [1.82, 2.24) is 10.6 Å². The van der Waals surface area contributed by atoms with Gasteiger partial charge in [-0.2, -0.15) is 11.3 Å². The largest absolute Gasteiger partial charge is 0.352 e. The number of benzene rings is 1. The number of nitrogens with one attached hydrogen (secondary N) is 2. The van der Waals surface area contributed by atoms with Crippen LogP contribution < -0.4 is 10.6 Å². The molecule has 1 saturated heterocycles. The van der Waals surface area contributed by atoms with Gasteiger partial charge in [0.15, 0.2) is 0 Å². The first-order valence-corrected chi connectivity index (χ1v) is 9.22. The minimum absolute atomic E-state index is 0.0368. The number of carbonyl (C=O) groups excluding carboxylic acids is 2. The third-order valence-corrected chi connectivity index (χ3v) is 5.25. The molecule has 126 valence electrons. The van der Waals surface area contributed by atoms with Crippen LogP contribution in [0.15, 0.2) is 47.2 Å². The van der Waals surface area contributed by atoms with Crippen LogP contribution in [0.5, 0.6) is 0 Å². The van der Waals surface area contributed by atoms with Gasteiger partial charge in [0.1, 0.15) is 0 Å². The number of thiophene rings is 1. The van der Waals surface area contributed by atoms with Crippen molar-refractivity contribution in [2.24, 2.45) is 0 Å². The molecule has 1 atom stereocenters. The van der Waals surface area contributed by atoms with E-state index in [4.69, 9.17) is 0 Å². The smallest absolute Gasteiger partial charge is 0.220 e. The molecular weight excluding hydrogens is 320 g/mol. The average Bonchev–Trinajstić information content (AvgIpc) is 3.22. The second-order valence-electron chi connectivity index (χ2n) is 6.40. The molecule has 0 radical (unpaired) electrons. The summed E-state index contributed by atoms with van der Waals surface area (Å²) in [7, 11) is 0. The molecule has 2 aromatic rings. The van der Waals surface area contributed by atoms with Gasteiger partial charge in [0.2, 0.25) is 11.8 Å². The Kier molecular flexibility index (Phi) is 5.30. The molecule has 2 N–H and O–H groups in total. The second-order valence-corrected chi connectivity index (χ2v) is 7.18. The molecule has 0 bridgehead atoms. The molecule has 1 fully saturated rings. The summed E-state index contributed by atoms with van der Waals surface area (Å²) in [6.45, 7) is 0.570. The third kappa shape index (κ3) is 4.45. The first kappa shape index (κ1) is 16.7. The maximum atomic E-state index is 12.2. The molecule has 1 aromatic heterocycles. The van der Waals surface area contributed by atoms with Crippen LogP contribution in [0, 0.1) is 0 Å². The lowest BCUT2D eigenvalue weighted by molar-refractivity contribution is -0.122. The monoisotopic (exact) mass is 342 g/mol. The fraction of sp³-hybridized carbons (Fsp3) is 0.368. The van der Waals surface area contributed by atoms with E-state index < -0.39 is 0 Å². The Labute approximate surface area is 146 Å². The van der Waals surface area contributed by atoms with Gasteiger partial charge >= 0.3 is 0 Å². The normalized spacial score (nSPS) is 19.9. The molecule has 2 amide bonds. The van der Waals surface area contributed by atoms with Crippen molar-refractivity contribution in [3.05, 3.63) is 58.3 Å². The van der Waals surface area contributed by atoms with E-state index in [2.05, 4.69) is 22.8 Å². The first-order chi connectivity index (χ1) is 11.7. The summed E-state index contributed by atoms with van der Waals surface area (Å²) in [5.74, 6) is 0.124. The fourth-order valence-corrected chi connectivity index (χ4v) is 3.87. The van der Waals surface area contributed by atoms with E-state index in [-0.39, 0.29) is 17.4 Å². The predicted molar refractivity (Wildman–Crippen MR) is 95.7 cm³/mol. The molecule has 0 saturated carbocycles. The molecule has 0 aliphatic carbocycles. The maximum absolute atomic E-state index is 12.2. The van der Waals surface area contributed by atoms with Gasteiger partial charge in [-0.1, -0.05) is 30.3 Å². The summed E-state index contributed by atoms with van der Waals surface area (Å²) in [6.07, 6.45) is 3.21. The van der Waals surface area contributed by atoms with Crippen LogP contribution in [0.1, 0.15) is 36.8 Å². The van der Waals surface area contributed by atoms with Gasteiger partial charge in [-0.3, -0.25) is 9.59 Å². The molecule has 24 heavy (non-hydrogen) atoms. The van der Waals surface area contributed by atoms with Gasteiger partial charge in [0.05, 0.1) is 0 Å². The van der Waals surface area contributed by atoms with E-state index in [1.165, 1.54) is 5.56 Å². The van der Waals surface area contributed by atoms with Gasteiger partial charge in [-0.15, -0.1) is 0 Å². The van der Waals surface area contributed by atoms with E-state index in [1.54, 1.807) is 11.3 Å². The zero-order valence-corrected chi connectivity index (χ0v) is 14.4. The Balaban J connectivity index is 1.56. The van der Waals surface area contributed by atoms with Crippen molar-refractivity contribution >= 4 is 23.2 Å². The standard InChI is InChI=1S/C19H22N2O2S/c22-17(20-13-16-8-11-24-14-16)6-9-19(10-7-18(23)21-19)12-15-4-2-1-3-5-15/h1-5,8,11,14H,6-7,9-10,12-13H2,(H,20,22)(H,21,23)/t19-/m0/s1. The molecule has 5 heteroatoms. The number of carbonyl (C=O) groups is 2. The lowest BCUT2D eigenvalue weighted by Gasteiger charge is -2.29. The van der Waals surface area contributed by atoms with Gasteiger partial charge in [0.25, 0.3) is 0 Å². The Morgan fingerprint density at radius 3 is 2.71 bits per heavy atom. The summed E-state index contributed by atoms with van der Waals surface area (Å²) in [6, 6.07) is 12.2. The minimum Gasteiger partial charge on any atom is -0.352 e. The van der Waals surface area contributed by atoms with Crippen molar-refractivity contribution in [1.29, 1.82) is 0 Å². The summed E-state index contributed by atoms with van der Waals surface area (Å²) in [5, 5.41) is 10.1. The molecule has 1 aliphatic heterocycles. The van der Waals surface area contributed by atoms with E-state index in [1.807, 2.05) is 35.0 Å². The number of amides is 2. The first-order valence-electron chi connectivity index (χ1n) is 8.28. The van der Waals surface area contributed by atoms with Crippen LogP contribution in [0.3, 0.4) is 0 Å².